The van der Waals surface area contributed by atoms with Crippen LogP contribution in [0.2, 0.25) is 0 Å². The molecule has 38 heavy (non-hydrogen) atoms. The molecule has 1 aromatic heterocycles. The van der Waals surface area contributed by atoms with Crippen LogP contribution in [0.5, 0.6) is 0 Å². The molecule has 4 aromatic rings. The maximum Gasteiger partial charge on any atom is 0.328 e. The molecular weight excluding hydrogens is 478 g/mol. The van der Waals surface area contributed by atoms with Crippen molar-refractivity contribution in [2.45, 2.75) is 38.8 Å². The number of likely N-dealkylation sites (N-methyl/N-ethyl adjacent to an activating group) is 1. The van der Waals surface area contributed by atoms with E-state index in [1.807, 2.05) is 92.8 Å². The second kappa shape index (κ2) is 11.8. The highest BCUT2D eigenvalue weighted by atomic mass is 16.5. The molecule has 3 aromatic carbocycles. The van der Waals surface area contributed by atoms with Crippen molar-refractivity contribution in [2.24, 2.45) is 0 Å². The highest BCUT2D eigenvalue weighted by Gasteiger charge is 2.32. The van der Waals surface area contributed by atoms with E-state index < -0.39 is 24.0 Å². The lowest BCUT2D eigenvalue weighted by Gasteiger charge is -2.29. The lowest BCUT2D eigenvalue weighted by molar-refractivity contribution is -0.145. The van der Waals surface area contributed by atoms with Crippen LogP contribution in [0.3, 0.4) is 0 Å². The summed E-state index contributed by atoms with van der Waals surface area (Å²) >= 11 is 0. The number of para-hydroxylation sites is 1. The average Bonchev–Trinajstić information content (AvgIpc) is 3.32. The number of nitrogens with one attached hydrogen (secondary N) is 2. The number of carbonyl (C=O) groups excluding carboxylic acids is 3. The number of nitrogens with zero attached hydrogens (tertiary/aromatic N) is 1. The number of aromatic amines is 1. The fourth-order valence-electron chi connectivity index (χ4n) is 4.81. The second-order valence-corrected chi connectivity index (χ2v) is 9.65. The Hall–Kier alpha value is -4.39. The van der Waals surface area contributed by atoms with Crippen LogP contribution in [0.15, 0.2) is 79.0 Å². The Morgan fingerprint density at radius 1 is 0.921 bits per heavy atom. The summed E-state index contributed by atoms with van der Waals surface area (Å²) < 4.78 is 5.03. The minimum absolute atomic E-state index is 0.245. The molecule has 0 unspecified atom stereocenters. The molecule has 2 N–H and O–H groups in total. The summed E-state index contributed by atoms with van der Waals surface area (Å²) in [5.74, 6) is -1.24. The predicted octanol–water partition coefficient (Wildman–Crippen LogP) is 4.37. The van der Waals surface area contributed by atoms with E-state index in [4.69, 9.17) is 4.74 Å². The number of methoxy groups -OCH3 is 1. The molecule has 0 saturated heterocycles. The number of ether oxygens (including phenoxy) is 1. The van der Waals surface area contributed by atoms with Gasteiger partial charge in [0.25, 0.3) is 5.91 Å². The van der Waals surface area contributed by atoms with E-state index in [9.17, 15) is 14.4 Å². The number of aryl methyl sites for hydroxylation is 2. The van der Waals surface area contributed by atoms with Crippen molar-refractivity contribution in [3.8, 4) is 0 Å². The Kier molecular flexibility index (Phi) is 8.26. The number of aromatic nitrogens is 1. The molecule has 0 aliphatic heterocycles. The molecule has 0 aliphatic carbocycles. The average molecular weight is 512 g/mol. The maximum absolute atomic E-state index is 13.8. The Balaban J connectivity index is 1.62. The van der Waals surface area contributed by atoms with Gasteiger partial charge in [0.15, 0.2) is 0 Å². The third-order valence-electron chi connectivity index (χ3n) is 6.73. The van der Waals surface area contributed by atoms with Crippen LogP contribution in [0, 0.1) is 13.8 Å². The summed E-state index contributed by atoms with van der Waals surface area (Å²) in [6.45, 7) is 3.87. The van der Waals surface area contributed by atoms with E-state index in [0.29, 0.717) is 12.0 Å². The van der Waals surface area contributed by atoms with Gasteiger partial charge >= 0.3 is 5.97 Å². The molecule has 7 nitrogen and oxygen atoms in total. The molecule has 4 rings (SSSR count). The zero-order valence-electron chi connectivity index (χ0n) is 22.2. The van der Waals surface area contributed by atoms with Gasteiger partial charge in [0, 0.05) is 42.6 Å². The number of benzene rings is 3. The van der Waals surface area contributed by atoms with Gasteiger partial charge in [0.2, 0.25) is 5.91 Å². The van der Waals surface area contributed by atoms with Crippen molar-refractivity contribution in [1.29, 1.82) is 0 Å². The Morgan fingerprint density at radius 2 is 1.58 bits per heavy atom. The van der Waals surface area contributed by atoms with Crippen LogP contribution in [0.4, 0.5) is 0 Å². The zero-order chi connectivity index (χ0) is 27.2. The van der Waals surface area contributed by atoms with Gasteiger partial charge in [-0.1, -0.05) is 65.7 Å². The summed E-state index contributed by atoms with van der Waals surface area (Å²) in [5, 5.41) is 3.85. The molecule has 0 spiro atoms. The van der Waals surface area contributed by atoms with Gasteiger partial charge in [-0.05, 0) is 43.2 Å². The van der Waals surface area contributed by atoms with E-state index in [1.54, 1.807) is 7.05 Å². The topological polar surface area (TPSA) is 91.5 Å². The van der Waals surface area contributed by atoms with Crippen LogP contribution in [0.1, 0.15) is 32.6 Å². The van der Waals surface area contributed by atoms with Crippen LogP contribution in [-0.4, -0.2) is 53.9 Å². The van der Waals surface area contributed by atoms with E-state index in [1.165, 1.54) is 12.0 Å². The number of H-pyrrole nitrogens is 1. The molecule has 2 atom stereocenters. The SMILES string of the molecule is COC(=O)[C@H](Cc1c[nH]c2ccccc12)NC(=O)[C@H](Cc1ccccc1)N(C)C(=O)c1cc(C)cc(C)c1. The first-order chi connectivity index (χ1) is 18.3. The Labute approximate surface area is 222 Å². The number of carbonyl (C=O) groups is 3. The van der Waals surface area contributed by atoms with E-state index in [0.717, 1.165) is 33.2 Å². The molecule has 0 radical (unpaired) electrons. The molecule has 0 saturated carbocycles. The van der Waals surface area contributed by atoms with Gasteiger partial charge in [-0.15, -0.1) is 0 Å². The lowest BCUT2D eigenvalue weighted by atomic mass is 10.0. The van der Waals surface area contributed by atoms with Crippen LogP contribution in [0.25, 0.3) is 10.9 Å². The van der Waals surface area contributed by atoms with Crippen molar-refractivity contribution in [3.63, 3.8) is 0 Å². The van der Waals surface area contributed by atoms with Crippen LogP contribution in [-0.2, 0) is 27.2 Å². The summed E-state index contributed by atoms with van der Waals surface area (Å²) in [6.07, 6.45) is 2.37. The minimum atomic E-state index is -0.922. The Morgan fingerprint density at radius 3 is 2.26 bits per heavy atom. The van der Waals surface area contributed by atoms with Crippen molar-refractivity contribution < 1.29 is 19.1 Å². The third-order valence-corrected chi connectivity index (χ3v) is 6.73. The second-order valence-electron chi connectivity index (χ2n) is 9.65. The minimum Gasteiger partial charge on any atom is -0.467 e. The molecule has 0 fully saturated rings. The third kappa shape index (κ3) is 6.11. The van der Waals surface area contributed by atoms with Crippen molar-refractivity contribution in [2.75, 3.05) is 14.2 Å². The lowest BCUT2D eigenvalue weighted by Crippen LogP contribution is -2.53. The molecule has 7 heteroatoms. The molecule has 2 amide bonds. The number of amides is 2. The van der Waals surface area contributed by atoms with E-state index in [2.05, 4.69) is 10.3 Å². The highest BCUT2D eigenvalue weighted by molar-refractivity contribution is 5.98. The van der Waals surface area contributed by atoms with Crippen LogP contribution >= 0.6 is 0 Å². The number of rotatable bonds is 9. The number of esters is 1. The van der Waals surface area contributed by atoms with Crippen LogP contribution < -0.4 is 5.32 Å². The van der Waals surface area contributed by atoms with Gasteiger partial charge < -0.3 is 19.9 Å². The molecule has 196 valence electrons. The maximum atomic E-state index is 13.8. The first-order valence-electron chi connectivity index (χ1n) is 12.6. The summed E-state index contributed by atoms with van der Waals surface area (Å²) in [7, 11) is 2.92. The highest BCUT2D eigenvalue weighted by Crippen LogP contribution is 2.20. The zero-order valence-corrected chi connectivity index (χ0v) is 22.2. The van der Waals surface area contributed by atoms with E-state index in [-0.39, 0.29) is 12.3 Å². The fourth-order valence-corrected chi connectivity index (χ4v) is 4.81. The van der Waals surface area contributed by atoms with Crippen molar-refractivity contribution in [3.05, 3.63) is 107 Å². The summed E-state index contributed by atoms with van der Waals surface area (Å²) in [5.41, 5.74) is 5.18. The first kappa shape index (κ1) is 26.7. The first-order valence-corrected chi connectivity index (χ1v) is 12.6. The quantitative estimate of drug-likeness (QED) is 0.327. The number of hydrogen-bond acceptors (Lipinski definition) is 4. The van der Waals surface area contributed by atoms with Crippen molar-refractivity contribution >= 4 is 28.7 Å². The molecule has 0 aliphatic rings. The van der Waals surface area contributed by atoms with Gasteiger partial charge in [-0.25, -0.2) is 4.79 Å². The van der Waals surface area contributed by atoms with Gasteiger partial charge in [0.1, 0.15) is 12.1 Å². The smallest absolute Gasteiger partial charge is 0.328 e. The van der Waals surface area contributed by atoms with E-state index >= 15 is 0 Å². The molecule has 1 heterocycles. The molecular formula is C31H33N3O4. The number of hydrogen-bond donors (Lipinski definition) is 2. The normalized spacial score (nSPS) is 12.5. The van der Waals surface area contributed by atoms with Gasteiger partial charge in [0.05, 0.1) is 7.11 Å². The number of fused-ring (bicyclic) bond motifs is 1. The standard InChI is InChI=1S/C31H33N3O4/c1-20-14-21(2)16-23(15-20)30(36)34(3)28(17-22-10-6-5-7-11-22)29(35)33-27(31(37)38-4)18-24-19-32-26-13-9-8-12-25(24)26/h5-16,19,27-28,32H,17-18H2,1-4H3,(H,33,35)/t27-,28-/m0/s1. The monoisotopic (exact) mass is 511 g/mol. The summed E-state index contributed by atoms with van der Waals surface area (Å²) in [6, 6.07) is 21.2. The fraction of sp³-hybridized carbons (Fsp3) is 0.258. The van der Waals surface area contributed by atoms with Gasteiger partial charge in [-0.3, -0.25) is 9.59 Å². The van der Waals surface area contributed by atoms with Gasteiger partial charge in [-0.2, -0.15) is 0 Å². The predicted molar refractivity (Wildman–Crippen MR) is 148 cm³/mol. The Bertz CT molecular complexity index is 1420. The molecule has 0 bridgehead atoms. The largest absolute Gasteiger partial charge is 0.467 e. The summed E-state index contributed by atoms with van der Waals surface area (Å²) in [4.78, 5) is 44.7. The van der Waals surface area contributed by atoms with Crippen molar-refractivity contribution in [1.82, 2.24) is 15.2 Å².